The van der Waals surface area contributed by atoms with Crippen LogP contribution in [-0.2, 0) is 0 Å². The fourth-order valence-corrected chi connectivity index (χ4v) is 4.55. The van der Waals surface area contributed by atoms with Gasteiger partial charge in [-0.25, -0.2) is 0 Å². The van der Waals surface area contributed by atoms with Crippen LogP contribution < -0.4 is 9.80 Å². The fourth-order valence-electron chi connectivity index (χ4n) is 3.13. The van der Waals surface area contributed by atoms with E-state index in [9.17, 15) is 0 Å². The van der Waals surface area contributed by atoms with Crippen molar-refractivity contribution >= 4 is 39.1 Å². The number of hydrogen-bond donors (Lipinski definition) is 0. The summed E-state index contributed by atoms with van der Waals surface area (Å²) in [6, 6.07) is 10.4. The molecule has 0 N–H and O–H groups in total. The summed E-state index contributed by atoms with van der Waals surface area (Å²) in [5, 5.41) is 20.9. The monoisotopic (exact) mass is 368 g/mol. The van der Waals surface area contributed by atoms with E-state index >= 15 is 0 Å². The molecule has 0 unspecified atom stereocenters. The van der Waals surface area contributed by atoms with E-state index < -0.39 is 0 Å². The lowest BCUT2D eigenvalue weighted by atomic mass is 10.3. The van der Waals surface area contributed by atoms with Crippen LogP contribution in [0.1, 0.15) is 0 Å². The molecule has 1 fully saturated rings. The molecule has 4 aromatic heterocycles. The molecule has 8 heteroatoms. The van der Waals surface area contributed by atoms with Crippen LogP contribution >= 0.6 is 22.7 Å². The first-order valence-corrected chi connectivity index (χ1v) is 9.99. The van der Waals surface area contributed by atoms with Gasteiger partial charge in [-0.1, -0.05) is 0 Å². The lowest BCUT2D eigenvalue weighted by Crippen LogP contribution is -2.46. The van der Waals surface area contributed by atoms with E-state index in [0.29, 0.717) is 0 Å². The molecule has 0 aromatic carbocycles. The van der Waals surface area contributed by atoms with E-state index in [1.54, 1.807) is 22.7 Å². The molecule has 0 radical (unpaired) electrons. The minimum Gasteiger partial charge on any atom is -0.360 e. The van der Waals surface area contributed by atoms with E-state index in [1.807, 2.05) is 22.0 Å². The van der Waals surface area contributed by atoms with Gasteiger partial charge in [0.1, 0.15) is 5.82 Å². The van der Waals surface area contributed by atoms with E-state index in [-0.39, 0.29) is 0 Å². The SMILES string of the molecule is c1csc(N2CCN(c3ccc4nnc(-c5ccsc5)n4n3)CC2)c1. The van der Waals surface area contributed by atoms with E-state index in [1.165, 1.54) is 5.00 Å². The molecule has 1 aliphatic rings. The lowest BCUT2D eigenvalue weighted by Gasteiger charge is -2.35. The fraction of sp³-hybridized carbons (Fsp3) is 0.235. The summed E-state index contributed by atoms with van der Waals surface area (Å²) in [6.07, 6.45) is 0. The molecule has 0 saturated carbocycles. The van der Waals surface area contributed by atoms with Crippen molar-refractivity contribution in [3.05, 3.63) is 46.5 Å². The lowest BCUT2D eigenvalue weighted by molar-refractivity contribution is 0.645. The van der Waals surface area contributed by atoms with Gasteiger partial charge in [0.05, 0.1) is 5.00 Å². The highest BCUT2D eigenvalue weighted by Gasteiger charge is 2.20. The largest absolute Gasteiger partial charge is 0.360 e. The third kappa shape index (κ3) is 2.67. The number of rotatable bonds is 3. The highest BCUT2D eigenvalue weighted by atomic mass is 32.1. The first-order chi connectivity index (χ1) is 12.4. The number of fused-ring (bicyclic) bond motifs is 1. The van der Waals surface area contributed by atoms with Crippen LogP contribution in [0.5, 0.6) is 0 Å². The molecule has 0 aliphatic carbocycles. The number of piperazine rings is 1. The predicted octanol–water partition coefficient (Wildman–Crippen LogP) is 3.24. The van der Waals surface area contributed by atoms with Gasteiger partial charge in [-0.05, 0) is 41.1 Å². The maximum Gasteiger partial charge on any atom is 0.186 e. The Hall–Kier alpha value is -2.45. The number of anilines is 2. The second-order valence-corrected chi connectivity index (χ2v) is 7.63. The second kappa shape index (κ2) is 6.12. The van der Waals surface area contributed by atoms with Crippen molar-refractivity contribution in [3.8, 4) is 11.4 Å². The Morgan fingerprint density at radius 1 is 0.880 bits per heavy atom. The van der Waals surface area contributed by atoms with Crippen molar-refractivity contribution in [2.45, 2.75) is 0 Å². The van der Waals surface area contributed by atoms with Crippen LogP contribution in [0.3, 0.4) is 0 Å². The van der Waals surface area contributed by atoms with Gasteiger partial charge in [0.25, 0.3) is 0 Å². The molecular weight excluding hydrogens is 352 g/mol. The highest BCUT2D eigenvalue weighted by molar-refractivity contribution is 7.14. The summed E-state index contributed by atoms with van der Waals surface area (Å²) < 4.78 is 1.85. The number of hydrogen-bond acceptors (Lipinski definition) is 7. The quantitative estimate of drug-likeness (QED) is 0.556. The zero-order chi connectivity index (χ0) is 16.6. The van der Waals surface area contributed by atoms with Crippen LogP contribution in [0.4, 0.5) is 10.8 Å². The molecule has 1 saturated heterocycles. The average molecular weight is 368 g/mol. The summed E-state index contributed by atoms with van der Waals surface area (Å²) in [6.45, 7) is 3.96. The summed E-state index contributed by atoms with van der Waals surface area (Å²) >= 11 is 3.46. The smallest absolute Gasteiger partial charge is 0.186 e. The molecule has 5 rings (SSSR count). The molecule has 0 bridgehead atoms. The highest BCUT2D eigenvalue weighted by Crippen LogP contribution is 2.25. The van der Waals surface area contributed by atoms with Crippen molar-refractivity contribution in [3.63, 3.8) is 0 Å². The van der Waals surface area contributed by atoms with Crippen molar-refractivity contribution < 1.29 is 0 Å². The Labute approximate surface area is 153 Å². The van der Waals surface area contributed by atoms with Crippen molar-refractivity contribution in [2.24, 2.45) is 0 Å². The first kappa shape index (κ1) is 14.9. The minimum absolute atomic E-state index is 0.780. The molecule has 25 heavy (non-hydrogen) atoms. The zero-order valence-corrected chi connectivity index (χ0v) is 15.1. The Morgan fingerprint density at radius 2 is 1.76 bits per heavy atom. The Bertz CT molecular complexity index is 968. The van der Waals surface area contributed by atoms with Gasteiger partial charge < -0.3 is 9.80 Å². The third-order valence-electron chi connectivity index (χ3n) is 4.45. The van der Waals surface area contributed by atoms with Crippen LogP contribution in [0.25, 0.3) is 17.0 Å². The van der Waals surface area contributed by atoms with Gasteiger partial charge in [-0.3, -0.25) is 0 Å². The normalized spacial score (nSPS) is 15.2. The molecule has 0 atom stereocenters. The van der Waals surface area contributed by atoms with Crippen molar-refractivity contribution in [1.82, 2.24) is 19.8 Å². The number of thiophene rings is 2. The number of aromatic nitrogens is 4. The Kier molecular flexibility index (Phi) is 3.64. The molecular formula is C17H16N6S2. The van der Waals surface area contributed by atoms with Crippen LogP contribution in [0.15, 0.2) is 46.5 Å². The summed E-state index contributed by atoms with van der Waals surface area (Å²) in [4.78, 5) is 4.77. The van der Waals surface area contributed by atoms with E-state index in [4.69, 9.17) is 5.10 Å². The molecule has 4 aromatic rings. The molecule has 1 aliphatic heterocycles. The van der Waals surface area contributed by atoms with Gasteiger partial charge in [0.15, 0.2) is 11.5 Å². The Morgan fingerprint density at radius 3 is 2.52 bits per heavy atom. The Balaban J connectivity index is 1.41. The molecule has 5 heterocycles. The third-order valence-corrected chi connectivity index (χ3v) is 6.06. The molecule has 126 valence electrons. The van der Waals surface area contributed by atoms with Gasteiger partial charge in [-0.2, -0.15) is 15.9 Å². The first-order valence-electron chi connectivity index (χ1n) is 8.17. The zero-order valence-electron chi connectivity index (χ0n) is 13.4. The number of nitrogens with zero attached hydrogens (tertiary/aromatic N) is 6. The summed E-state index contributed by atoms with van der Waals surface area (Å²) in [5.41, 5.74) is 1.84. The topological polar surface area (TPSA) is 49.6 Å². The van der Waals surface area contributed by atoms with Gasteiger partial charge in [0, 0.05) is 37.1 Å². The van der Waals surface area contributed by atoms with E-state index in [0.717, 1.165) is 49.0 Å². The van der Waals surface area contributed by atoms with Gasteiger partial charge in [0.2, 0.25) is 0 Å². The predicted molar refractivity (Wildman–Crippen MR) is 103 cm³/mol. The van der Waals surface area contributed by atoms with Crippen LogP contribution in [0.2, 0.25) is 0 Å². The summed E-state index contributed by atoms with van der Waals surface area (Å²) in [7, 11) is 0. The van der Waals surface area contributed by atoms with Crippen molar-refractivity contribution in [1.29, 1.82) is 0 Å². The molecule has 0 amide bonds. The van der Waals surface area contributed by atoms with Gasteiger partial charge >= 0.3 is 0 Å². The maximum atomic E-state index is 4.81. The van der Waals surface area contributed by atoms with Crippen LogP contribution in [0, 0.1) is 0 Å². The maximum absolute atomic E-state index is 4.81. The van der Waals surface area contributed by atoms with Gasteiger partial charge in [-0.15, -0.1) is 26.6 Å². The molecule has 0 spiro atoms. The van der Waals surface area contributed by atoms with E-state index in [2.05, 4.69) is 49.0 Å². The minimum atomic E-state index is 0.780. The van der Waals surface area contributed by atoms with Crippen LogP contribution in [-0.4, -0.2) is 46.0 Å². The van der Waals surface area contributed by atoms with Crippen molar-refractivity contribution in [2.75, 3.05) is 36.0 Å². The molecule has 6 nitrogen and oxygen atoms in total. The standard InChI is InChI=1S/C17H16N6S2/c1-2-16(25-10-1)22-8-6-21(7-9-22)15-4-3-14-18-19-17(23(14)20-15)13-5-11-24-12-13/h1-5,10-12H,6-9H2. The summed E-state index contributed by atoms with van der Waals surface area (Å²) in [5.74, 6) is 1.78. The second-order valence-electron chi connectivity index (χ2n) is 5.92. The average Bonchev–Trinajstić information content (AvgIpc) is 3.41.